The Bertz CT molecular complexity index is 1220. The molecule has 1 aliphatic heterocycles. The Morgan fingerprint density at radius 1 is 1.00 bits per heavy atom. The standard InChI is InChI=1S/C26H27N3O3/c1-26(2)13-17-22(18(30)14-26)21(16-10-11-19(31-3)20(12-16)32-4)23-24(28-29-25(23)27-17)15-8-6-5-7-9-15/h5-12,21H,13-14H2,1-4H3,(H2,27,28,29)/t21-/m1/s1. The van der Waals surface area contributed by atoms with Gasteiger partial charge in [-0.3, -0.25) is 9.89 Å². The van der Waals surface area contributed by atoms with Crippen LogP contribution >= 0.6 is 0 Å². The molecule has 0 saturated carbocycles. The highest BCUT2D eigenvalue weighted by Gasteiger charge is 2.43. The van der Waals surface area contributed by atoms with Crippen molar-refractivity contribution in [3.63, 3.8) is 0 Å². The third-order valence-corrected chi connectivity index (χ3v) is 6.37. The van der Waals surface area contributed by atoms with Crippen molar-refractivity contribution in [2.45, 2.75) is 32.6 Å². The Morgan fingerprint density at radius 3 is 2.47 bits per heavy atom. The third-order valence-electron chi connectivity index (χ3n) is 6.37. The van der Waals surface area contributed by atoms with Crippen LogP contribution in [0.4, 0.5) is 5.82 Å². The molecule has 0 saturated heterocycles. The lowest BCUT2D eigenvalue weighted by molar-refractivity contribution is -0.118. The minimum absolute atomic E-state index is 0.0961. The van der Waals surface area contributed by atoms with Gasteiger partial charge in [-0.2, -0.15) is 5.10 Å². The number of aromatic amines is 1. The number of allylic oxidation sites excluding steroid dienone is 2. The Morgan fingerprint density at radius 2 is 1.75 bits per heavy atom. The second-order valence-corrected chi connectivity index (χ2v) is 9.23. The zero-order valence-corrected chi connectivity index (χ0v) is 18.8. The molecule has 3 aromatic rings. The van der Waals surface area contributed by atoms with Crippen LogP contribution in [0.2, 0.25) is 0 Å². The van der Waals surface area contributed by atoms with Gasteiger partial charge in [0.05, 0.1) is 19.9 Å². The van der Waals surface area contributed by atoms with Crippen molar-refractivity contribution in [2.24, 2.45) is 5.41 Å². The molecule has 0 fully saturated rings. The number of aromatic nitrogens is 2. The van der Waals surface area contributed by atoms with Gasteiger partial charge in [0.15, 0.2) is 23.1 Å². The van der Waals surface area contributed by atoms with E-state index in [4.69, 9.17) is 9.47 Å². The van der Waals surface area contributed by atoms with Crippen molar-refractivity contribution in [3.05, 3.63) is 70.9 Å². The zero-order chi connectivity index (χ0) is 22.5. The van der Waals surface area contributed by atoms with Gasteiger partial charge in [0.25, 0.3) is 0 Å². The molecule has 0 spiro atoms. The fourth-order valence-corrected chi connectivity index (χ4v) is 4.99. The summed E-state index contributed by atoms with van der Waals surface area (Å²) in [5, 5.41) is 11.3. The van der Waals surface area contributed by atoms with Gasteiger partial charge in [0.2, 0.25) is 0 Å². The molecule has 2 aliphatic rings. The highest BCUT2D eigenvalue weighted by molar-refractivity contribution is 6.02. The minimum atomic E-state index is -0.251. The van der Waals surface area contributed by atoms with E-state index in [1.165, 1.54) is 0 Å². The smallest absolute Gasteiger partial charge is 0.162 e. The number of fused-ring (bicyclic) bond motifs is 1. The van der Waals surface area contributed by atoms with E-state index in [9.17, 15) is 4.79 Å². The predicted molar refractivity (Wildman–Crippen MR) is 124 cm³/mol. The van der Waals surface area contributed by atoms with Crippen LogP contribution < -0.4 is 14.8 Å². The van der Waals surface area contributed by atoms with E-state index >= 15 is 0 Å². The zero-order valence-electron chi connectivity index (χ0n) is 18.8. The number of carbonyl (C=O) groups excluding carboxylic acids is 1. The van der Waals surface area contributed by atoms with Crippen LogP contribution in [0.25, 0.3) is 11.3 Å². The Balaban J connectivity index is 1.75. The summed E-state index contributed by atoms with van der Waals surface area (Å²) in [5.74, 6) is 1.99. The third kappa shape index (κ3) is 3.27. The average molecular weight is 430 g/mol. The maximum Gasteiger partial charge on any atom is 0.162 e. The first kappa shape index (κ1) is 20.4. The van der Waals surface area contributed by atoms with Gasteiger partial charge in [-0.15, -0.1) is 0 Å². The molecule has 2 N–H and O–H groups in total. The Hall–Kier alpha value is -3.54. The molecule has 0 bridgehead atoms. The Kier molecular flexibility index (Phi) is 4.81. The van der Waals surface area contributed by atoms with E-state index < -0.39 is 0 Å². The highest BCUT2D eigenvalue weighted by Crippen LogP contribution is 2.51. The number of ether oxygens (including phenoxy) is 2. The van der Waals surface area contributed by atoms with E-state index in [1.54, 1.807) is 14.2 Å². The molecule has 0 amide bonds. The second-order valence-electron chi connectivity index (χ2n) is 9.23. The first-order valence-electron chi connectivity index (χ1n) is 10.8. The average Bonchev–Trinajstić information content (AvgIpc) is 3.20. The summed E-state index contributed by atoms with van der Waals surface area (Å²) in [5.41, 5.74) is 5.59. The van der Waals surface area contributed by atoms with E-state index in [-0.39, 0.29) is 17.1 Å². The fourth-order valence-electron chi connectivity index (χ4n) is 4.99. The number of hydrogen-bond donors (Lipinski definition) is 2. The number of anilines is 1. The summed E-state index contributed by atoms with van der Waals surface area (Å²) >= 11 is 0. The molecule has 32 heavy (non-hydrogen) atoms. The van der Waals surface area contributed by atoms with Gasteiger partial charge in [0, 0.05) is 29.2 Å². The molecule has 0 unspecified atom stereocenters. The summed E-state index contributed by atoms with van der Waals surface area (Å²) in [6.07, 6.45) is 1.32. The normalized spacial score (nSPS) is 19.1. The molecule has 1 atom stereocenters. The first-order chi connectivity index (χ1) is 15.4. The van der Waals surface area contributed by atoms with E-state index in [1.807, 2.05) is 36.4 Å². The van der Waals surface area contributed by atoms with E-state index in [0.717, 1.165) is 45.9 Å². The minimum Gasteiger partial charge on any atom is -0.493 e. The van der Waals surface area contributed by atoms with Crippen LogP contribution in [-0.4, -0.2) is 30.2 Å². The van der Waals surface area contributed by atoms with Gasteiger partial charge >= 0.3 is 0 Å². The van der Waals surface area contributed by atoms with Crippen LogP contribution in [0.1, 0.15) is 43.7 Å². The molecule has 1 aromatic heterocycles. The quantitative estimate of drug-likeness (QED) is 0.589. The van der Waals surface area contributed by atoms with Gasteiger partial charge in [0.1, 0.15) is 0 Å². The van der Waals surface area contributed by atoms with Crippen LogP contribution in [0.15, 0.2) is 59.8 Å². The lowest BCUT2D eigenvalue weighted by Gasteiger charge is -2.38. The number of methoxy groups -OCH3 is 2. The van der Waals surface area contributed by atoms with Crippen molar-refractivity contribution in [3.8, 4) is 22.8 Å². The summed E-state index contributed by atoms with van der Waals surface area (Å²) in [7, 11) is 3.25. The SMILES string of the molecule is COc1ccc([C@@H]2C3=C(CC(C)(C)CC3=O)Nc3n[nH]c(-c4ccccc4)c32)cc1OC. The molecule has 164 valence electrons. The lowest BCUT2D eigenvalue weighted by atomic mass is 9.69. The van der Waals surface area contributed by atoms with E-state index in [0.29, 0.717) is 17.9 Å². The Labute approximate surface area is 187 Å². The number of rotatable bonds is 4. The van der Waals surface area contributed by atoms with Crippen molar-refractivity contribution in [1.29, 1.82) is 0 Å². The summed E-state index contributed by atoms with van der Waals surface area (Å²) < 4.78 is 11.0. The molecule has 6 nitrogen and oxygen atoms in total. The van der Waals surface area contributed by atoms with Gasteiger partial charge < -0.3 is 14.8 Å². The molecule has 0 radical (unpaired) electrons. The van der Waals surface area contributed by atoms with Gasteiger partial charge in [-0.05, 0) is 35.1 Å². The number of carbonyl (C=O) groups is 1. The van der Waals surface area contributed by atoms with Crippen LogP contribution in [-0.2, 0) is 4.79 Å². The molecular formula is C26H27N3O3. The van der Waals surface area contributed by atoms with Crippen molar-refractivity contribution in [1.82, 2.24) is 10.2 Å². The van der Waals surface area contributed by atoms with Gasteiger partial charge in [-0.1, -0.05) is 50.2 Å². The predicted octanol–water partition coefficient (Wildman–Crippen LogP) is 5.29. The number of nitrogens with zero attached hydrogens (tertiary/aromatic N) is 1. The van der Waals surface area contributed by atoms with E-state index in [2.05, 4.69) is 41.5 Å². The largest absolute Gasteiger partial charge is 0.493 e. The number of Topliss-reactive ketones (excluding diaryl/α,β-unsaturated/α-hetero) is 1. The number of nitrogens with one attached hydrogen (secondary N) is 2. The maximum absolute atomic E-state index is 13.5. The number of H-pyrrole nitrogens is 1. The summed E-state index contributed by atoms with van der Waals surface area (Å²) in [4.78, 5) is 13.5. The lowest BCUT2D eigenvalue weighted by Crippen LogP contribution is -2.33. The van der Waals surface area contributed by atoms with Crippen molar-refractivity contribution >= 4 is 11.6 Å². The molecule has 2 aromatic carbocycles. The molecule has 1 aliphatic carbocycles. The van der Waals surface area contributed by atoms with Crippen LogP contribution in [0, 0.1) is 5.41 Å². The molecule has 5 rings (SSSR count). The molecule has 6 heteroatoms. The fraction of sp³-hybridized carbons (Fsp3) is 0.308. The molecule has 2 heterocycles. The highest BCUT2D eigenvalue weighted by atomic mass is 16.5. The van der Waals surface area contributed by atoms with Crippen molar-refractivity contribution in [2.75, 3.05) is 19.5 Å². The van der Waals surface area contributed by atoms with Crippen LogP contribution in [0.3, 0.4) is 0 Å². The monoisotopic (exact) mass is 429 g/mol. The first-order valence-corrected chi connectivity index (χ1v) is 10.8. The number of benzene rings is 2. The summed E-state index contributed by atoms with van der Waals surface area (Å²) in [6, 6.07) is 16.0. The second kappa shape index (κ2) is 7.55. The topological polar surface area (TPSA) is 76.2 Å². The number of hydrogen-bond acceptors (Lipinski definition) is 5. The molecular weight excluding hydrogens is 402 g/mol. The van der Waals surface area contributed by atoms with Gasteiger partial charge in [-0.25, -0.2) is 0 Å². The summed E-state index contributed by atoms with van der Waals surface area (Å²) in [6.45, 7) is 4.27. The maximum atomic E-state index is 13.5. The number of ketones is 1. The van der Waals surface area contributed by atoms with Crippen molar-refractivity contribution < 1.29 is 14.3 Å². The van der Waals surface area contributed by atoms with Crippen LogP contribution in [0.5, 0.6) is 11.5 Å².